The molecule has 110 valence electrons. The van der Waals surface area contributed by atoms with Gasteiger partial charge in [-0.3, -0.25) is 0 Å². The lowest BCUT2D eigenvalue weighted by atomic mass is 10.0. The third-order valence-electron chi connectivity index (χ3n) is 3.93. The maximum Gasteiger partial charge on any atom is 0.124 e. The molecule has 3 rings (SSSR count). The summed E-state index contributed by atoms with van der Waals surface area (Å²) in [4.78, 5) is 0. The van der Waals surface area contributed by atoms with Gasteiger partial charge in [-0.1, -0.05) is 35.9 Å². The van der Waals surface area contributed by atoms with Crippen molar-refractivity contribution in [2.75, 3.05) is 6.61 Å². The predicted molar refractivity (Wildman–Crippen MR) is 88.7 cm³/mol. The van der Waals surface area contributed by atoms with Crippen LogP contribution >= 0.6 is 0 Å². The zero-order valence-electron chi connectivity index (χ0n) is 12.7. The minimum atomic E-state index is 0.699. The van der Waals surface area contributed by atoms with Crippen LogP contribution in [0.15, 0.2) is 48.6 Å². The van der Waals surface area contributed by atoms with Crippen molar-refractivity contribution in [3.8, 4) is 5.75 Å². The maximum absolute atomic E-state index is 6.01. The summed E-state index contributed by atoms with van der Waals surface area (Å²) in [7, 11) is 0. The second-order valence-corrected chi connectivity index (χ2v) is 5.97. The molecular formula is C19H23NO. The van der Waals surface area contributed by atoms with Crippen molar-refractivity contribution in [3.05, 3.63) is 54.1 Å². The number of ether oxygens (including phenoxy) is 1. The first-order valence-corrected chi connectivity index (χ1v) is 7.75. The number of rotatable bonds is 7. The first-order valence-electron chi connectivity index (χ1n) is 7.75. The second kappa shape index (κ2) is 6.31. The molecule has 0 saturated heterocycles. The highest BCUT2D eigenvalue weighted by Gasteiger charge is 2.21. The van der Waals surface area contributed by atoms with E-state index in [4.69, 9.17) is 4.74 Å². The number of benzene rings is 2. The van der Waals surface area contributed by atoms with Crippen molar-refractivity contribution < 1.29 is 4.74 Å². The van der Waals surface area contributed by atoms with Gasteiger partial charge in [0.05, 0.1) is 6.61 Å². The van der Waals surface area contributed by atoms with Crippen molar-refractivity contribution >= 4 is 10.8 Å². The summed E-state index contributed by atoms with van der Waals surface area (Å²) in [5.74, 6) is 1.00. The molecule has 0 radical (unpaired) electrons. The number of nitrogens with one attached hydrogen (secondary N) is 1. The fourth-order valence-electron chi connectivity index (χ4n) is 2.50. The smallest absolute Gasteiger partial charge is 0.124 e. The Morgan fingerprint density at radius 2 is 2.05 bits per heavy atom. The van der Waals surface area contributed by atoms with Crippen LogP contribution in [-0.4, -0.2) is 12.6 Å². The first kappa shape index (κ1) is 14.2. The number of hydrogen-bond donors (Lipinski definition) is 1. The maximum atomic E-state index is 6.01. The molecule has 2 nitrogen and oxygen atoms in total. The van der Waals surface area contributed by atoms with E-state index in [1.807, 2.05) is 6.92 Å². The zero-order valence-corrected chi connectivity index (χ0v) is 12.7. The van der Waals surface area contributed by atoms with Crippen LogP contribution in [0.25, 0.3) is 10.8 Å². The Bertz CT molecular complexity index is 643. The van der Waals surface area contributed by atoms with E-state index >= 15 is 0 Å². The van der Waals surface area contributed by atoms with Crippen molar-refractivity contribution in [2.45, 2.75) is 38.8 Å². The lowest BCUT2D eigenvalue weighted by Gasteiger charge is -2.15. The van der Waals surface area contributed by atoms with Gasteiger partial charge in [-0.2, -0.15) is 0 Å². The van der Waals surface area contributed by atoms with Crippen LogP contribution in [-0.2, 0) is 6.54 Å². The minimum absolute atomic E-state index is 0.699. The Morgan fingerprint density at radius 1 is 1.24 bits per heavy atom. The highest BCUT2D eigenvalue weighted by Crippen LogP contribution is 2.29. The first-order chi connectivity index (χ1) is 10.2. The van der Waals surface area contributed by atoms with Crippen molar-refractivity contribution in [1.29, 1.82) is 0 Å². The number of fused-ring (bicyclic) bond motifs is 1. The van der Waals surface area contributed by atoms with Crippen LogP contribution in [0.5, 0.6) is 5.75 Å². The predicted octanol–water partition coefficient (Wildman–Crippen LogP) is 4.44. The summed E-state index contributed by atoms with van der Waals surface area (Å²) in [6, 6.07) is 13.5. The largest absolute Gasteiger partial charge is 0.493 e. The summed E-state index contributed by atoms with van der Waals surface area (Å²) in [6.45, 7) is 7.56. The van der Waals surface area contributed by atoms with Gasteiger partial charge in [-0.05, 0) is 36.6 Å². The molecule has 0 bridgehead atoms. The Kier molecular flexibility index (Phi) is 4.26. The summed E-state index contributed by atoms with van der Waals surface area (Å²) >= 11 is 0. The molecule has 1 aliphatic rings. The molecule has 1 saturated carbocycles. The Morgan fingerprint density at radius 3 is 2.81 bits per heavy atom. The SMILES string of the molecule is C=C(C)CCOc1ccc2ccccc2c1CNC1CC1. The molecule has 2 aromatic carbocycles. The molecule has 2 heteroatoms. The van der Waals surface area contributed by atoms with Gasteiger partial charge in [0, 0.05) is 24.6 Å². The van der Waals surface area contributed by atoms with Gasteiger partial charge in [0.15, 0.2) is 0 Å². The van der Waals surface area contributed by atoms with Crippen molar-refractivity contribution in [3.63, 3.8) is 0 Å². The molecule has 0 aliphatic heterocycles. The molecule has 0 aromatic heterocycles. The van der Waals surface area contributed by atoms with Crippen LogP contribution in [0.4, 0.5) is 0 Å². The molecule has 1 fully saturated rings. The lowest BCUT2D eigenvalue weighted by molar-refractivity contribution is 0.318. The van der Waals surface area contributed by atoms with Gasteiger partial charge in [-0.25, -0.2) is 0 Å². The van der Waals surface area contributed by atoms with Gasteiger partial charge in [-0.15, -0.1) is 6.58 Å². The Balaban J connectivity index is 1.85. The topological polar surface area (TPSA) is 21.3 Å². The quantitative estimate of drug-likeness (QED) is 0.758. The normalized spacial score (nSPS) is 14.3. The molecule has 1 aliphatic carbocycles. The average Bonchev–Trinajstić information content (AvgIpc) is 3.29. The second-order valence-electron chi connectivity index (χ2n) is 5.97. The Labute approximate surface area is 126 Å². The summed E-state index contributed by atoms with van der Waals surface area (Å²) < 4.78 is 6.01. The van der Waals surface area contributed by atoms with Crippen LogP contribution in [0.3, 0.4) is 0 Å². The van der Waals surface area contributed by atoms with E-state index in [9.17, 15) is 0 Å². The van der Waals surface area contributed by atoms with E-state index < -0.39 is 0 Å². The fourth-order valence-corrected chi connectivity index (χ4v) is 2.50. The number of hydrogen-bond acceptors (Lipinski definition) is 2. The van der Waals surface area contributed by atoms with Gasteiger partial charge in [0.1, 0.15) is 5.75 Å². The van der Waals surface area contributed by atoms with Gasteiger partial charge in [0.2, 0.25) is 0 Å². The van der Waals surface area contributed by atoms with Gasteiger partial charge in [0.25, 0.3) is 0 Å². The summed E-state index contributed by atoms with van der Waals surface area (Å²) in [5, 5.41) is 6.17. The minimum Gasteiger partial charge on any atom is -0.493 e. The van der Waals surface area contributed by atoms with E-state index in [1.54, 1.807) is 0 Å². The van der Waals surface area contributed by atoms with Crippen molar-refractivity contribution in [1.82, 2.24) is 5.32 Å². The lowest BCUT2D eigenvalue weighted by Crippen LogP contribution is -2.16. The fraction of sp³-hybridized carbons (Fsp3) is 0.368. The van der Waals surface area contributed by atoms with Gasteiger partial charge < -0.3 is 10.1 Å². The third-order valence-corrected chi connectivity index (χ3v) is 3.93. The molecule has 21 heavy (non-hydrogen) atoms. The van der Waals surface area contributed by atoms with Crippen LogP contribution < -0.4 is 10.1 Å². The van der Waals surface area contributed by atoms with E-state index in [2.05, 4.69) is 48.3 Å². The standard InChI is InChI=1S/C19H23NO/c1-14(2)11-12-21-19-10-7-15-5-3-4-6-17(15)18(19)13-20-16-8-9-16/h3-7,10,16,20H,1,8-9,11-13H2,2H3. The van der Waals surface area contributed by atoms with Crippen LogP contribution in [0, 0.1) is 0 Å². The van der Waals surface area contributed by atoms with E-state index in [0.29, 0.717) is 12.6 Å². The molecular weight excluding hydrogens is 258 g/mol. The zero-order chi connectivity index (χ0) is 14.7. The van der Waals surface area contributed by atoms with Crippen molar-refractivity contribution in [2.24, 2.45) is 0 Å². The molecule has 0 spiro atoms. The molecule has 0 unspecified atom stereocenters. The Hall–Kier alpha value is -1.80. The van der Waals surface area contributed by atoms with E-state index in [1.165, 1.54) is 29.2 Å². The summed E-state index contributed by atoms with van der Waals surface area (Å²) in [5.41, 5.74) is 2.44. The molecule has 0 heterocycles. The van der Waals surface area contributed by atoms with E-state index in [0.717, 1.165) is 24.3 Å². The molecule has 1 N–H and O–H groups in total. The van der Waals surface area contributed by atoms with Crippen LogP contribution in [0.1, 0.15) is 31.7 Å². The highest BCUT2D eigenvalue weighted by atomic mass is 16.5. The monoisotopic (exact) mass is 281 g/mol. The van der Waals surface area contributed by atoms with Gasteiger partial charge >= 0.3 is 0 Å². The highest BCUT2D eigenvalue weighted by molar-refractivity contribution is 5.87. The molecule has 2 aromatic rings. The van der Waals surface area contributed by atoms with E-state index in [-0.39, 0.29) is 0 Å². The van der Waals surface area contributed by atoms with Crippen LogP contribution in [0.2, 0.25) is 0 Å². The summed E-state index contributed by atoms with van der Waals surface area (Å²) in [6.07, 6.45) is 3.51. The third kappa shape index (κ3) is 3.64. The molecule has 0 amide bonds. The molecule has 0 atom stereocenters. The average molecular weight is 281 g/mol.